The predicted octanol–water partition coefficient (Wildman–Crippen LogP) is 3.78. The van der Waals surface area contributed by atoms with Crippen LogP contribution in [0.25, 0.3) is 0 Å². The van der Waals surface area contributed by atoms with E-state index in [1.165, 1.54) is 0 Å². The first-order valence-electron chi connectivity index (χ1n) is 5.88. The molecule has 0 N–H and O–H groups in total. The predicted molar refractivity (Wildman–Crippen MR) is 78.6 cm³/mol. The lowest BCUT2D eigenvalue weighted by molar-refractivity contribution is -0.127. The number of hydrogen-bond donors (Lipinski definition) is 0. The van der Waals surface area contributed by atoms with E-state index in [0.29, 0.717) is 22.4 Å². The fourth-order valence-electron chi connectivity index (χ4n) is 2.13. The summed E-state index contributed by atoms with van der Waals surface area (Å²) in [5, 5.41) is 2.03. The maximum absolute atomic E-state index is 11.7. The molecule has 18 heavy (non-hydrogen) atoms. The molecule has 1 atom stereocenters. The lowest BCUT2D eigenvalue weighted by Gasteiger charge is -2.16. The molecule has 1 heterocycles. The quantitative estimate of drug-likeness (QED) is 0.757. The third kappa shape index (κ3) is 3.40. The van der Waals surface area contributed by atoms with E-state index >= 15 is 0 Å². The smallest absolute Gasteiger partial charge is 0.222 e. The van der Waals surface area contributed by atoms with Crippen LogP contribution in [0.2, 0.25) is 10.0 Å². The van der Waals surface area contributed by atoms with Crippen LogP contribution in [0.5, 0.6) is 0 Å². The Bertz CT molecular complexity index is 453. The molecule has 0 spiro atoms. The molecule has 0 bridgehead atoms. The summed E-state index contributed by atoms with van der Waals surface area (Å²) >= 11 is 15.3. The molecule has 2 rings (SSSR count). The number of amides is 1. The number of carbonyl (C=O) groups is 1. The minimum atomic E-state index is 0.250. The first-order chi connectivity index (χ1) is 8.60. The first kappa shape index (κ1) is 14.2. The molecule has 1 aliphatic heterocycles. The third-order valence-corrected chi connectivity index (χ3v) is 4.82. The minimum Gasteiger partial charge on any atom is -0.342 e. The van der Waals surface area contributed by atoms with Gasteiger partial charge in [-0.2, -0.15) is 0 Å². The Hall–Kier alpha value is -0.250. The highest BCUT2D eigenvalue weighted by atomic mass is 79.9. The first-order valence-corrected chi connectivity index (χ1v) is 7.75. The second-order valence-corrected chi connectivity index (χ2v) is 6.02. The van der Waals surface area contributed by atoms with Crippen molar-refractivity contribution in [2.75, 3.05) is 18.4 Å². The summed E-state index contributed by atoms with van der Waals surface area (Å²) in [5.41, 5.74) is 1.11. The Kier molecular flexibility index (Phi) is 4.93. The van der Waals surface area contributed by atoms with Gasteiger partial charge >= 0.3 is 0 Å². The average molecular weight is 351 g/mol. The second-order valence-electron chi connectivity index (χ2n) is 4.56. The minimum absolute atomic E-state index is 0.250. The Morgan fingerprint density at radius 1 is 1.33 bits per heavy atom. The van der Waals surface area contributed by atoms with Gasteiger partial charge in [-0.05, 0) is 30.0 Å². The second kappa shape index (κ2) is 6.27. The molecule has 2 nitrogen and oxygen atoms in total. The summed E-state index contributed by atoms with van der Waals surface area (Å²) in [7, 11) is 0. The molecule has 1 fully saturated rings. The van der Waals surface area contributed by atoms with Crippen LogP contribution >= 0.6 is 39.1 Å². The van der Waals surface area contributed by atoms with E-state index in [1.807, 2.05) is 17.0 Å². The molecule has 98 valence electrons. The zero-order valence-electron chi connectivity index (χ0n) is 9.83. The van der Waals surface area contributed by atoms with Crippen molar-refractivity contribution < 1.29 is 4.79 Å². The Morgan fingerprint density at radius 2 is 2.11 bits per heavy atom. The summed E-state index contributed by atoms with van der Waals surface area (Å²) in [6, 6.07) is 5.62. The van der Waals surface area contributed by atoms with E-state index < -0.39 is 0 Å². The van der Waals surface area contributed by atoms with Crippen molar-refractivity contribution >= 4 is 45.0 Å². The number of alkyl halides is 1. The summed E-state index contributed by atoms with van der Waals surface area (Å²) in [6.07, 6.45) is 1.48. The molecule has 1 amide bonds. The number of benzene rings is 1. The standard InChI is InChI=1S/C13H14BrCl2NO/c14-7-10-6-13(18)17(8-10)4-3-9-1-2-11(15)12(16)5-9/h1-2,5,10H,3-4,6-8H2. The van der Waals surface area contributed by atoms with Crippen LogP contribution in [0.1, 0.15) is 12.0 Å². The molecular weight excluding hydrogens is 337 g/mol. The molecule has 0 saturated carbocycles. The van der Waals surface area contributed by atoms with Gasteiger partial charge in [0.05, 0.1) is 10.0 Å². The molecule has 0 radical (unpaired) electrons. The topological polar surface area (TPSA) is 20.3 Å². The van der Waals surface area contributed by atoms with Crippen LogP contribution in [0.3, 0.4) is 0 Å². The van der Waals surface area contributed by atoms with Gasteiger partial charge in [0.1, 0.15) is 0 Å². The summed E-state index contributed by atoms with van der Waals surface area (Å²) in [4.78, 5) is 13.7. The molecule has 1 saturated heterocycles. The molecule has 0 aromatic heterocycles. The molecule has 0 aliphatic carbocycles. The molecular formula is C13H14BrCl2NO. The molecule has 1 unspecified atom stereocenters. The zero-order chi connectivity index (χ0) is 13.1. The number of halogens is 3. The Balaban J connectivity index is 1.91. The van der Waals surface area contributed by atoms with Gasteiger partial charge in [0.2, 0.25) is 5.91 Å². The van der Waals surface area contributed by atoms with Crippen molar-refractivity contribution in [2.24, 2.45) is 5.92 Å². The van der Waals surface area contributed by atoms with Crippen molar-refractivity contribution in [1.82, 2.24) is 4.90 Å². The van der Waals surface area contributed by atoms with Crippen molar-refractivity contribution in [3.05, 3.63) is 33.8 Å². The molecule has 5 heteroatoms. The van der Waals surface area contributed by atoms with Gasteiger partial charge in [0, 0.05) is 24.8 Å². The van der Waals surface area contributed by atoms with Crippen LogP contribution < -0.4 is 0 Å². The van der Waals surface area contributed by atoms with Crippen molar-refractivity contribution in [3.8, 4) is 0 Å². The van der Waals surface area contributed by atoms with Crippen LogP contribution in [0.4, 0.5) is 0 Å². The van der Waals surface area contributed by atoms with Crippen LogP contribution in [-0.4, -0.2) is 29.2 Å². The largest absolute Gasteiger partial charge is 0.342 e. The molecule has 1 aliphatic rings. The number of likely N-dealkylation sites (tertiary alicyclic amines) is 1. The van der Waals surface area contributed by atoms with Crippen LogP contribution in [0.15, 0.2) is 18.2 Å². The van der Waals surface area contributed by atoms with Gasteiger partial charge < -0.3 is 4.90 Å². The Morgan fingerprint density at radius 3 is 2.72 bits per heavy atom. The zero-order valence-corrected chi connectivity index (χ0v) is 12.9. The van der Waals surface area contributed by atoms with Crippen molar-refractivity contribution in [1.29, 1.82) is 0 Å². The van der Waals surface area contributed by atoms with E-state index in [0.717, 1.165) is 30.4 Å². The highest BCUT2D eigenvalue weighted by Crippen LogP contribution is 2.24. The van der Waals surface area contributed by atoms with E-state index in [-0.39, 0.29) is 5.91 Å². The third-order valence-electron chi connectivity index (χ3n) is 3.17. The van der Waals surface area contributed by atoms with E-state index in [4.69, 9.17) is 23.2 Å². The average Bonchev–Trinajstić information content (AvgIpc) is 2.72. The van der Waals surface area contributed by atoms with Gasteiger partial charge in [-0.15, -0.1) is 0 Å². The van der Waals surface area contributed by atoms with Crippen LogP contribution in [-0.2, 0) is 11.2 Å². The highest BCUT2D eigenvalue weighted by molar-refractivity contribution is 9.09. The Labute approximate surface area is 125 Å². The normalized spacial score (nSPS) is 19.6. The monoisotopic (exact) mass is 349 g/mol. The van der Waals surface area contributed by atoms with E-state index in [1.54, 1.807) is 6.07 Å². The van der Waals surface area contributed by atoms with Crippen LogP contribution in [0, 0.1) is 5.92 Å². The fourth-order valence-corrected chi connectivity index (χ4v) is 2.89. The van der Waals surface area contributed by atoms with Gasteiger partial charge in [-0.1, -0.05) is 45.2 Å². The van der Waals surface area contributed by atoms with Gasteiger partial charge in [-0.25, -0.2) is 0 Å². The SMILES string of the molecule is O=C1CC(CBr)CN1CCc1ccc(Cl)c(Cl)c1. The van der Waals surface area contributed by atoms with Crippen molar-refractivity contribution in [2.45, 2.75) is 12.8 Å². The van der Waals surface area contributed by atoms with Gasteiger partial charge in [0.15, 0.2) is 0 Å². The lowest BCUT2D eigenvalue weighted by atomic mass is 10.1. The maximum atomic E-state index is 11.7. The van der Waals surface area contributed by atoms with Gasteiger partial charge in [0.25, 0.3) is 0 Å². The maximum Gasteiger partial charge on any atom is 0.222 e. The summed E-state index contributed by atoms with van der Waals surface area (Å²) in [6.45, 7) is 1.60. The number of nitrogens with zero attached hydrogens (tertiary/aromatic N) is 1. The lowest BCUT2D eigenvalue weighted by Crippen LogP contribution is -2.27. The summed E-state index contributed by atoms with van der Waals surface area (Å²) in [5.74, 6) is 0.700. The highest BCUT2D eigenvalue weighted by Gasteiger charge is 2.28. The van der Waals surface area contributed by atoms with Crippen molar-refractivity contribution in [3.63, 3.8) is 0 Å². The number of carbonyl (C=O) groups excluding carboxylic acids is 1. The van der Waals surface area contributed by atoms with Gasteiger partial charge in [-0.3, -0.25) is 4.79 Å². The molecule has 1 aromatic carbocycles. The van der Waals surface area contributed by atoms with E-state index in [9.17, 15) is 4.79 Å². The fraction of sp³-hybridized carbons (Fsp3) is 0.462. The molecule has 1 aromatic rings. The number of hydrogen-bond acceptors (Lipinski definition) is 1. The summed E-state index contributed by atoms with van der Waals surface area (Å²) < 4.78 is 0. The number of rotatable bonds is 4. The van der Waals surface area contributed by atoms with E-state index in [2.05, 4.69) is 15.9 Å².